The molecule has 0 radical (unpaired) electrons. The number of aliphatic imine (C=N–C) groups is 1. The first-order valence-corrected chi connectivity index (χ1v) is 9.27. The number of ether oxygens (including phenoxy) is 1. The van der Waals surface area contributed by atoms with E-state index in [-0.39, 0.29) is 24.0 Å². The minimum Gasteiger partial charge on any atom is -0.497 e. The number of hydrogen-bond acceptors (Lipinski definition) is 5. The van der Waals surface area contributed by atoms with Gasteiger partial charge in [0.05, 0.1) is 17.3 Å². The first kappa shape index (κ1) is 21.2. The van der Waals surface area contributed by atoms with Gasteiger partial charge < -0.3 is 20.7 Å². The smallest absolute Gasteiger partial charge is 0.191 e. The first-order valence-electron chi connectivity index (χ1n) is 8.45. The largest absolute Gasteiger partial charge is 0.497 e. The predicted octanol–water partition coefficient (Wildman–Crippen LogP) is 3.70. The molecular formula is C19H24IN5OS. The van der Waals surface area contributed by atoms with E-state index in [9.17, 15) is 0 Å². The lowest BCUT2D eigenvalue weighted by atomic mass is 10.2. The summed E-state index contributed by atoms with van der Waals surface area (Å²) in [5.41, 5.74) is 2.17. The number of anilines is 1. The van der Waals surface area contributed by atoms with E-state index in [1.165, 1.54) is 4.70 Å². The SMILES string of the molecule is CN=C(NCCNc1nc2ccccc2s1)NCc1cccc(OC)c1.I. The summed E-state index contributed by atoms with van der Waals surface area (Å²) in [6, 6.07) is 16.1. The van der Waals surface area contributed by atoms with E-state index in [2.05, 4.69) is 38.1 Å². The fourth-order valence-corrected chi connectivity index (χ4v) is 3.38. The van der Waals surface area contributed by atoms with Gasteiger partial charge in [0.2, 0.25) is 0 Å². The van der Waals surface area contributed by atoms with Gasteiger partial charge in [0.15, 0.2) is 11.1 Å². The number of aromatic nitrogens is 1. The van der Waals surface area contributed by atoms with Gasteiger partial charge in [0, 0.05) is 26.7 Å². The van der Waals surface area contributed by atoms with Crippen LogP contribution >= 0.6 is 35.3 Å². The summed E-state index contributed by atoms with van der Waals surface area (Å²) in [5, 5.41) is 10.9. The van der Waals surface area contributed by atoms with Crippen LogP contribution in [0.15, 0.2) is 53.5 Å². The Bertz CT molecular complexity index is 850. The van der Waals surface area contributed by atoms with Crippen LogP contribution in [0.1, 0.15) is 5.56 Å². The monoisotopic (exact) mass is 497 g/mol. The number of halogens is 1. The molecule has 1 heterocycles. The van der Waals surface area contributed by atoms with Gasteiger partial charge in [-0.15, -0.1) is 24.0 Å². The number of nitrogens with one attached hydrogen (secondary N) is 3. The molecule has 0 bridgehead atoms. The number of guanidine groups is 1. The molecule has 0 aliphatic heterocycles. The maximum absolute atomic E-state index is 5.24. The molecule has 0 amide bonds. The molecule has 3 aromatic rings. The lowest BCUT2D eigenvalue weighted by Gasteiger charge is -2.12. The molecule has 0 fully saturated rings. The second-order valence-electron chi connectivity index (χ2n) is 5.62. The average molecular weight is 497 g/mol. The number of para-hydroxylation sites is 1. The second kappa shape index (κ2) is 10.9. The predicted molar refractivity (Wildman–Crippen MR) is 125 cm³/mol. The van der Waals surface area contributed by atoms with Crippen molar-refractivity contribution in [2.75, 3.05) is 32.6 Å². The first-order chi connectivity index (χ1) is 12.8. The van der Waals surface area contributed by atoms with Crippen LogP contribution in [0, 0.1) is 0 Å². The zero-order valence-electron chi connectivity index (χ0n) is 15.4. The van der Waals surface area contributed by atoms with Crippen molar-refractivity contribution in [3.05, 3.63) is 54.1 Å². The van der Waals surface area contributed by atoms with E-state index in [1.807, 2.05) is 36.4 Å². The lowest BCUT2D eigenvalue weighted by Crippen LogP contribution is -2.39. The molecule has 144 valence electrons. The molecule has 2 aromatic carbocycles. The van der Waals surface area contributed by atoms with E-state index in [1.54, 1.807) is 25.5 Å². The molecule has 0 atom stereocenters. The summed E-state index contributed by atoms with van der Waals surface area (Å²) < 4.78 is 6.44. The van der Waals surface area contributed by atoms with Crippen LogP contribution < -0.4 is 20.7 Å². The van der Waals surface area contributed by atoms with Crippen molar-refractivity contribution in [3.8, 4) is 5.75 Å². The Kier molecular flexibility index (Phi) is 8.59. The quantitative estimate of drug-likeness (QED) is 0.201. The van der Waals surface area contributed by atoms with Crippen molar-refractivity contribution in [2.24, 2.45) is 4.99 Å². The van der Waals surface area contributed by atoms with Crippen molar-refractivity contribution < 1.29 is 4.74 Å². The third-order valence-electron chi connectivity index (χ3n) is 3.81. The van der Waals surface area contributed by atoms with E-state index in [0.717, 1.165) is 41.0 Å². The minimum atomic E-state index is 0. The van der Waals surface area contributed by atoms with Crippen LogP contribution in [0.25, 0.3) is 10.2 Å². The van der Waals surface area contributed by atoms with Gasteiger partial charge in [-0.05, 0) is 29.8 Å². The summed E-state index contributed by atoms with van der Waals surface area (Å²) in [4.78, 5) is 8.81. The third kappa shape index (κ3) is 6.24. The molecule has 1 aromatic heterocycles. The molecular weight excluding hydrogens is 473 g/mol. The van der Waals surface area contributed by atoms with Gasteiger partial charge in [-0.3, -0.25) is 4.99 Å². The normalized spacial score (nSPS) is 11.0. The molecule has 0 spiro atoms. The number of rotatable bonds is 7. The summed E-state index contributed by atoms with van der Waals surface area (Å²) >= 11 is 1.67. The Labute approximate surface area is 180 Å². The minimum absolute atomic E-state index is 0. The van der Waals surface area contributed by atoms with Crippen LogP contribution in [-0.2, 0) is 6.54 Å². The molecule has 0 unspecified atom stereocenters. The van der Waals surface area contributed by atoms with Gasteiger partial charge in [-0.1, -0.05) is 35.6 Å². The van der Waals surface area contributed by atoms with Gasteiger partial charge in [0.1, 0.15) is 5.75 Å². The summed E-state index contributed by atoms with van der Waals surface area (Å²) in [7, 11) is 3.44. The van der Waals surface area contributed by atoms with Gasteiger partial charge in [0.25, 0.3) is 0 Å². The van der Waals surface area contributed by atoms with Crippen molar-refractivity contribution in [1.82, 2.24) is 15.6 Å². The fourth-order valence-electron chi connectivity index (χ4n) is 2.49. The Morgan fingerprint density at radius 3 is 2.74 bits per heavy atom. The number of hydrogen-bond donors (Lipinski definition) is 3. The standard InChI is InChI=1S/C19H23N5OS.HI/c1-20-18(23-13-14-6-5-7-15(12-14)25-2)21-10-11-22-19-24-16-8-3-4-9-17(16)26-19;/h3-9,12H,10-11,13H2,1-2H3,(H,22,24)(H2,20,21,23);1H. The number of fused-ring (bicyclic) bond motifs is 1. The highest BCUT2D eigenvalue weighted by molar-refractivity contribution is 14.0. The maximum atomic E-state index is 5.24. The van der Waals surface area contributed by atoms with Crippen LogP contribution in [0.5, 0.6) is 5.75 Å². The van der Waals surface area contributed by atoms with E-state index in [4.69, 9.17) is 4.74 Å². The number of thiazole rings is 1. The summed E-state index contributed by atoms with van der Waals surface area (Å²) in [6.07, 6.45) is 0. The van der Waals surface area contributed by atoms with Crippen LogP contribution in [0.2, 0.25) is 0 Å². The van der Waals surface area contributed by atoms with Crippen LogP contribution in [0.4, 0.5) is 5.13 Å². The highest BCUT2D eigenvalue weighted by Gasteiger charge is 2.03. The van der Waals surface area contributed by atoms with Crippen molar-refractivity contribution in [1.29, 1.82) is 0 Å². The zero-order valence-corrected chi connectivity index (χ0v) is 18.5. The maximum Gasteiger partial charge on any atom is 0.191 e. The third-order valence-corrected chi connectivity index (χ3v) is 4.80. The highest BCUT2D eigenvalue weighted by Crippen LogP contribution is 2.24. The molecule has 3 rings (SSSR count). The molecule has 27 heavy (non-hydrogen) atoms. The Balaban J connectivity index is 0.00000261. The van der Waals surface area contributed by atoms with Crippen molar-refractivity contribution in [3.63, 3.8) is 0 Å². The van der Waals surface area contributed by atoms with Crippen LogP contribution in [0.3, 0.4) is 0 Å². The van der Waals surface area contributed by atoms with Crippen molar-refractivity contribution in [2.45, 2.75) is 6.54 Å². The molecule has 0 saturated heterocycles. The van der Waals surface area contributed by atoms with E-state index >= 15 is 0 Å². The Hall–Kier alpha value is -2.07. The molecule has 6 nitrogen and oxygen atoms in total. The fraction of sp³-hybridized carbons (Fsp3) is 0.263. The molecule has 3 N–H and O–H groups in total. The lowest BCUT2D eigenvalue weighted by molar-refractivity contribution is 0.414. The Morgan fingerprint density at radius 2 is 1.96 bits per heavy atom. The van der Waals surface area contributed by atoms with Gasteiger partial charge in [-0.25, -0.2) is 4.98 Å². The van der Waals surface area contributed by atoms with Crippen LogP contribution in [-0.4, -0.2) is 38.2 Å². The summed E-state index contributed by atoms with van der Waals surface area (Å²) in [5.74, 6) is 1.62. The zero-order chi connectivity index (χ0) is 18.2. The second-order valence-corrected chi connectivity index (χ2v) is 6.65. The molecule has 0 saturated carbocycles. The summed E-state index contributed by atoms with van der Waals surface area (Å²) in [6.45, 7) is 2.19. The molecule has 8 heteroatoms. The Morgan fingerprint density at radius 1 is 1.11 bits per heavy atom. The van der Waals surface area contributed by atoms with E-state index < -0.39 is 0 Å². The van der Waals surface area contributed by atoms with Crippen molar-refractivity contribution >= 4 is 56.6 Å². The van der Waals surface area contributed by atoms with Gasteiger partial charge >= 0.3 is 0 Å². The molecule has 0 aliphatic rings. The average Bonchev–Trinajstić information content (AvgIpc) is 3.10. The number of methoxy groups -OCH3 is 1. The van der Waals surface area contributed by atoms with Gasteiger partial charge in [-0.2, -0.15) is 0 Å². The number of benzene rings is 2. The topological polar surface area (TPSA) is 70.6 Å². The number of nitrogens with zero attached hydrogens (tertiary/aromatic N) is 2. The molecule has 0 aliphatic carbocycles. The van der Waals surface area contributed by atoms with E-state index in [0.29, 0.717) is 6.54 Å². The highest BCUT2D eigenvalue weighted by atomic mass is 127.